The number of hydrogen-bond acceptors (Lipinski definition) is 5. The van der Waals surface area contributed by atoms with Gasteiger partial charge in [-0.15, -0.1) is 0 Å². The highest BCUT2D eigenvalue weighted by molar-refractivity contribution is 9.10. The number of rotatable bonds is 4. The first-order valence-corrected chi connectivity index (χ1v) is 11.6. The van der Waals surface area contributed by atoms with Crippen LogP contribution in [0.25, 0.3) is 0 Å². The summed E-state index contributed by atoms with van der Waals surface area (Å²) in [6.45, 7) is 1.90. The molecule has 3 aromatic rings. The number of imide groups is 1. The number of fused-ring (bicyclic) bond motifs is 1. The molecule has 2 fully saturated rings. The van der Waals surface area contributed by atoms with Gasteiger partial charge in [0.25, 0.3) is 11.8 Å². The van der Waals surface area contributed by atoms with E-state index in [-0.39, 0.29) is 11.8 Å². The molecular weight excluding hydrogens is 498 g/mol. The number of amides is 3. The number of hydrazine groups is 1. The molecule has 3 amide bonds. The molecule has 0 unspecified atom stereocenters. The van der Waals surface area contributed by atoms with Crippen molar-refractivity contribution in [1.82, 2.24) is 10.4 Å². The molecule has 0 aliphatic carbocycles. The molecule has 3 atom stereocenters. The molecule has 7 nitrogen and oxygen atoms in total. The van der Waals surface area contributed by atoms with E-state index in [1.807, 2.05) is 37.3 Å². The summed E-state index contributed by atoms with van der Waals surface area (Å²) in [4.78, 5) is 42.2. The van der Waals surface area contributed by atoms with E-state index in [1.54, 1.807) is 49.6 Å². The second-order valence-corrected chi connectivity index (χ2v) is 9.27. The Morgan fingerprint density at radius 2 is 1.74 bits per heavy atom. The van der Waals surface area contributed by atoms with Crippen LogP contribution in [0.3, 0.4) is 0 Å². The van der Waals surface area contributed by atoms with Crippen LogP contribution in [0.15, 0.2) is 77.3 Å². The Balaban J connectivity index is 1.61. The third kappa shape index (κ3) is 3.59. The first-order valence-electron chi connectivity index (χ1n) is 10.8. The molecule has 1 N–H and O–H groups in total. The van der Waals surface area contributed by atoms with Gasteiger partial charge in [-0.05, 0) is 48.9 Å². The highest BCUT2D eigenvalue weighted by Gasteiger charge is 2.60. The monoisotopic (exact) mass is 519 g/mol. The summed E-state index contributed by atoms with van der Waals surface area (Å²) in [6.07, 6.45) is 0. The molecule has 2 aliphatic heterocycles. The Morgan fingerprint density at radius 1 is 0.971 bits per heavy atom. The molecule has 0 spiro atoms. The molecule has 8 heteroatoms. The van der Waals surface area contributed by atoms with E-state index < -0.39 is 23.9 Å². The van der Waals surface area contributed by atoms with Gasteiger partial charge in [-0.3, -0.25) is 19.4 Å². The fourth-order valence-corrected chi connectivity index (χ4v) is 5.14. The highest BCUT2D eigenvalue weighted by atomic mass is 79.9. The lowest BCUT2D eigenvalue weighted by atomic mass is 9.90. The highest BCUT2D eigenvalue weighted by Crippen LogP contribution is 2.44. The maximum Gasteiger partial charge on any atom is 0.268 e. The van der Waals surface area contributed by atoms with Gasteiger partial charge in [0.15, 0.2) is 0 Å². The van der Waals surface area contributed by atoms with Crippen molar-refractivity contribution >= 4 is 39.3 Å². The zero-order valence-corrected chi connectivity index (χ0v) is 20.2. The van der Waals surface area contributed by atoms with Crippen molar-refractivity contribution in [2.24, 2.45) is 5.92 Å². The number of hydrogen-bond donors (Lipinski definition) is 1. The molecule has 0 aromatic heterocycles. The lowest BCUT2D eigenvalue weighted by molar-refractivity contribution is -0.123. The minimum atomic E-state index is -0.991. The summed E-state index contributed by atoms with van der Waals surface area (Å²) in [5.74, 6) is -1.41. The third-order valence-electron chi connectivity index (χ3n) is 6.26. The zero-order chi connectivity index (χ0) is 24.0. The van der Waals surface area contributed by atoms with Gasteiger partial charge in [0.05, 0.1) is 24.8 Å². The molecule has 2 heterocycles. The topological polar surface area (TPSA) is 79.0 Å². The molecule has 2 saturated heterocycles. The van der Waals surface area contributed by atoms with Crippen LogP contribution in [0.2, 0.25) is 0 Å². The Hall–Kier alpha value is -3.49. The Kier molecular flexibility index (Phi) is 5.71. The van der Waals surface area contributed by atoms with Gasteiger partial charge in [-0.2, -0.15) is 0 Å². The van der Waals surface area contributed by atoms with Crippen LogP contribution < -0.4 is 15.1 Å². The number of halogens is 1. The number of ether oxygens (including phenoxy) is 1. The molecule has 3 aromatic carbocycles. The number of methoxy groups -OCH3 is 1. The molecular formula is C26H22BrN3O4. The quantitative estimate of drug-likeness (QED) is 0.526. The van der Waals surface area contributed by atoms with Crippen molar-refractivity contribution < 1.29 is 19.1 Å². The van der Waals surface area contributed by atoms with E-state index in [1.165, 1.54) is 9.91 Å². The van der Waals surface area contributed by atoms with E-state index in [9.17, 15) is 14.4 Å². The van der Waals surface area contributed by atoms with Crippen molar-refractivity contribution in [3.63, 3.8) is 0 Å². The van der Waals surface area contributed by atoms with Crippen LogP contribution in [0, 0.1) is 12.8 Å². The van der Waals surface area contributed by atoms with Crippen molar-refractivity contribution in [1.29, 1.82) is 0 Å². The predicted octanol–water partition coefficient (Wildman–Crippen LogP) is 4.03. The van der Waals surface area contributed by atoms with Gasteiger partial charge in [-0.1, -0.05) is 52.3 Å². The van der Waals surface area contributed by atoms with Gasteiger partial charge in [0.1, 0.15) is 11.8 Å². The number of carbonyl (C=O) groups is 3. The number of nitrogens with zero attached hydrogens (tertiary/aromatic N) is 2. The summed E-state index contributed by atoms with van der Waals surface area (Å²) in [5, 5.41) is 1.31. The number of anilines is 1. The zero-order valence-electron chi connectivity index (χ0n) is 18.6. The minimum Gasteiger partial charge on any atom is -0.496 e. The van der Waals surface area contributed by atoms with E-state index >= 15 is 0 Å². The fraction of sp³-hybridized carbons (Fsp3) is 0.192. The maximum absolute atomic E-state index is 13.7. The van der Waals surface area contributed by atoms with Crippen LogP contribution >= 0.6 is 15.9 Å². The average molecular weight is 520 g/mol. The van der Waals surface area contributed by atoms with Gasteiger partial charge < -0.3 is 4.74 Å². The largest absolute Gasteiger partial charge is 0.496 e. The van der Waals surface area contributed by atoms with Gasteiger partial charge in [0.2, 0.25) is 5.91 Å². The van der Waals surface area contributed by atoms with Crippen LogP contribution in [-0.4, -0.2) is 35.9 Å². The van der Waals surface area contributed by atoms with Crippen LogP contribution in [0.1, 0.15) is 27.5 Å². The minimum absolute atomic E-state index is 0.353. The van der Waals surface area contributed by atoms with Crippen molar-refractivity contribution in [2.45, 2.75) is 19.0 Å². The second kappa shape index (κ2) is 8.70. The van der Waals surface area contributed by atoms with E-state index in [4.69, 9.17) is 4.74 Å². The predicted molar refractivity (Wildman–Crippen MR) is 130 cm³/mol. The van der Waals surface area contributed by atoms with Gasteiger partial charge in [-0.25, -0.2) is 10.3 Å². The Labute approximate surface area is 205 Å². The molecule has 0 radical (unpaired) electrons. The standard InChI is InChI=1S/C26H22BrN3O4/c1-15-7-5-10-18(13-15)29-25(32)21-22(19-11-3-4-12-20(19)34-2)28-30(23(21)26(29)33)24(31)16-8-6-9-17(27)14-16/h3-14,21-23,28H,1-2H3/t21-,22-,23-/m0/s1. The van der Waals surface area contributed by atoms with Crippen molar-refractivity contribution in [3.05, 3.63) is 94.0 Å². The maximum atomic E-state index is 13.7. The van der Waals surface area contributed by atoms with E-state index in [0.29, 0.717) is 22.6 Å². The summed E-state index contributed by atoms with van der Waals surface area (Å²) in [7, 11) is 1.55. The molecule has 172 valence electrons. The number of carbonyl (C=O) groups excluding carboxylic acids is 3. The molecule has 0 saturated carbocycles. The summed E-state index contributed by atoms with van der Waals surface area (Å²) < 4.78 is 6.27. The average Bonchev–Trinajstić information content (AvgIpc) is 3.35. The van der Waals surface area contributed by atoms with Gasteiger partial charge in [0, 0.05) is 15.6 Å². The first-order chi connectivity index (χ1) is 16.4. The smallest absolute Gasteiger partial charge is 0.268 e. The first kappa shape index (κ1) is 22.3. The van der Waals surface area contributed by atoms with Gasteiger partial charge >= 0.3 is 0 Å². The molecule has 34 heavy (non-hydrogen) atoms. The number of nitrogens with one attached hydrogen (secondary N) is 1. The fourth-order valence-electron chi connectivity index (χ4n) is 4.74. The summed E-state index contributed by atoms with van der Waals surface area (Å²) in [5.41, 5.74) is 5.70. The van der Waals surface area contributed by atoms with Crippen LogP contribution in [0.5, 0.6) is 5.75 Å². The molecule has 0 bridgehead atoms. The van der Waals surface area contributed by atoms with E-state index in [2.05, 4.69) is 21.4 Å². The Morgan fingerprint density at radius 3 is 2.47 bits per heavy atom. The third-order valence-corrected chi connectivity index (χ3v) is 6.75. The summed E-state index contributed by atoms with van der Waals surface area (Å²) in [6, 6.07) is 19.9. The van der Waals surface area contributed by atoms with Crippen LogP contribution in [0.4, 0.5) is 5.69 Å². The number of aryl methyl sites for hydroxylation is 1. The SMILES string of the molecule is COc1ccccc1[C@@H]1NN(C(=O)c2cccc(Br)c2)[C@@H]2C(=O)N(c3cccc(C)c3)C(=O)[C@H]21. The number of benzene rings is 3. The Bertz CT molecular complexity index is 1310. The van der Waals surface area contributed by atoms with E-state index in [0.717, 1.165) is 10.0 Å². The summed E-state index contributed by atoms with van der Waals surface area (Å²) >= 11 is 3.39. The number of para-hydroxylation sites is 1. The van der Waals surface area contributed by atoms with Crippen molar-refractivity contribution in [3.8, 4) is 5.75 Å². The van der Waals surface area contributed by atoms with Crippen molar-refractivity contribution in [2.75, 3.05) is 12.0 Å². The molecule has 5 rings (SSSR count). The normalized spacial score (nSPS) is 21.7. The molecule has 2 aliphatic rings. The lowest BCUT2D eigenvalue weighted by Gasteiger charge is -2.25. The second-order valence-electron chi connectivity index (χ2n) is 8.36. The lowest BCUT2D eigenvalue weighted by Crippen LogP contribution is -2.48. The van der Waals surface area contributed by atoms with Crippen LogP contribution in [-0.2, 0) is 9.59 Å².